The van der Waals surface area contributed by atoms with E-state index in [0.717, 1.165) is 6.42 Å². The smallest absolute Gasteiger partial charge is 0.245 e. The van der Waals surface area contributed by atoms with E-state index in [0.29, 0.717) is 24.9 Å². The first-order chi connectivity index (χ1) is 8.54. The molecule has 1 N–H and O–H groups in total. The molecular weight excluding hydrogens is 228 g/mol. The number of amides is 2. The van der Waals surface area contributed by atoms with Gasteiger partial charge in [0.15, 0.2) is 0 Å². The van der Waals surface area contributed by atoms with Crippen LogP contribution in [0.3, 0.4) is 0 Å². The van der Waals surface area contributed by atoms with E-state index in [1.54, 1.807) is 0 Å². The van der Waals surface area contributed by atoms with Gasteiger partial charge < -0.3 is 10.2 Å². The van der Waals surface area contributed by atoms with E-state index in [1.807, 2.05) is 18.7 Å². The summed E-state index contributed by atoms with van der Waals surface area (Å²) in [6, 6.07) is 0.0641. The Hall–Kier alpha value is -1.06. The normalized spacial score (nSPS) is 32.4. The molecule has 1 aliphatic heterocycles. The van der Waals surface area contributed by atoms with Gasteiger partial charge in [-0.25, -0.2) is 0 Å². The fraction of sp³-hybridized carbons (Fsp3) is 0.857. The van der Waals surface area contributed by atoms with E-state index >= 15 is 0 Å². The molecule has 3 atom stereocenters. The van der Waals surface area contributed by atoms with Gasteiger partial charge in [-0.3, -0.25) is 9.59 Å². The SMILES string of the molecule is CCCC1CC1N1CCC(=O)NC(C(C)C)C1=O. The maximum Gasteiger partial charge on any atom is 0.245 e. The fourth-order valence-corrected chi connectivity index (χ4v) is 2.89. The Morgan fingerprint density at radius 3 is 2.72 bits per heavy atom. The highest BCUT2D eigenvalue weighted by molar-refractivity contribution is 5.90. The van der Waals surface area contributed by atoms with Gasteiger partial charge >= 0.3 is 0 Å². The van der Waals surface area contributed by atoms with Gasteiger partial charge in [-0.05, 0) is 24.7 Å². The minimum absolute atomic E-state index is 0.0113. The second kappa shape index (κ2) is 5.29. The van der Waals surface area contributed by atoms with Crippen molar-refractivity contribution >= 4 is 11.8 Å². The van der Waals surface area contributed by atoms with Crippen molar-refractivity contribution in [3.05, 3.63) is 0 Å². The summed E-state index contributed by atoms with van der Waals surface area (Å²) < 4.78 is 0. The van der Waals surface area contributed by atoms with Crippen LogP contribution in [-0.2, 0) is 9.59 Å². The molecule has 3 unspecified atom stereocenters. The molecule has 1 saturated heterocycles. The van der Waals surface area contributed by atoms with E-state index in [-0.39, 0.29) is 23.8 Å². The highest BCUT2D eigenvalue weighted by Crippen LogP contribution is 2.40. The van der Waals surface area contributed by atoms with Gasteiger partial charge in [-0.15, -0.1) is 0 Å². The summed E-state index contributed by atoms with van der Waals surface area (Å²) in [5, 5.41) is 2.86. The minimum atomic E-state index is -0.331. The topological polar surface area (TPSA) is 49.4 Å². The van der Waals surface area contributed by atoms with Gasteiger partial charge in [0.25, 0.3) is 0 Å². The molecule has 2 aliphatic rings. The molecular formula is C14H24N2O2. The van der Waals surface area contributed by atoms with Crippen LogP contribution in [0.4, 0.5) is 0 Å². The lowest BCUT2D eigenvalue weighted by Gasteiger charge is -2.26. The fourth-order valence-electron chi connectivity index (χ4n) is 2.89. The van der Waals surface area contributed by atoms with E-state index < -0.39 is 0 Å². The van der Waals surface area contributed by atoms with E-state index in [1.165, 1.54) is 12.8 Å². The maximum atomic E-state index is 12.5. The Kier molecular flexibility index (Phi) is 3.93. The lowest BCUT2D eigenvalue weighted by atomic mass is 10.0. The predicted octanol–water partition coefficient (Wildman–Crippen LogP) is 1.55. The van der Waals surface area contributed by atoms with Crippen LogP contribution in [0, 0.1) is 11.8 Å². The summed E-state index contributed by atoms with van der Waals surface area (Å²) in [5.41, 5.74) is 0. The van der Waals surface area contributed by atoms with Crippen LogP contribution in [0.15, 0.2) is 0 Å². The van der Waals surface area contributed by atoms with Gasteiger partial charge in [0.05, 0.1) is 0 Å². The largest absolute Gasteiger partial charge is 0.344 e. The molecule has 1 saturated carbocycles. The molecule has 4 nitrogen and oxygen atoms in total. The number of carbonyl (C=O) groups excluding carboxylic acids is 2. The van der Waals surface area contributed by atoms with Crippen LogP contribution >= 0.6 is 0 Å². The zero-order valence-electron chi connectivity index (χ0n) is 11.6. The standard InChI is InChI=1S/C14H24N2O2/c1-4-5-10-8-11(10)16-7-6-12(17)15-13(9(2)3)14(16)18/h9-11,13H,4-8H2,1-3H3,(H,15,17). The molecule has 0 spiro atoms. The van der Waals surface area contributed by atoms with E-state index in [4.69, 9.17) is 0 Å². The molecule has 4 heteroatoms. The third kappa shape index (κ3) is 2.68. The molecule has 0 aromatic rings. The Balaban J connectivity index is 2.06. The summed E-state index contributed by atoms with van der Waals surface area (Å²) in [6.07, 6.45) is 3.94. The van der Waals surface area contributed by atoms with Crippen LogP contribution in [0.2, 0.25) is 0 Å². The number of nitrogens with one attached hydrogen (secondary N) is 1. The van der Waals surface area contributed by atoms with Crippen LogP contribution in [0.5, 0.6) is 0 Å². The maximum absolute atomic E-state index is 12.5. The van der Waals surface area contributed by atoms with Crippen LogP contribution in [-0.4, -0.2) is 35.3 Å². The summed E-state index contributed by atoms with van der Waals surface area (Å²) in [6.45, 7) is 6.76. The van der Waals surface area contributed by atoms with Crippen molar-refractivity contribution in [3.8, 4) is 0 Å². The number of rotatable bonds is 4. The summed E-state index contributed by atoms with van der Waals surface area (Å²) in [7, 11) is 0. The number of hydrogen-bond donors (Lipinski definition) is 1. The number of hydrogen-bond acceptors (Lipinski definition) is 2. The lowest BCUT2D eigenvalue weighted by molar-refractivity contribution is -0.135. The van der Waals surface area contributed by atoms with Crippen molar-refractivity contribution in [1.82, 2.24) is 10.2 Å². The average molecular weight is 252 g/mol. The molecule has 2 fully saturated rings. The Morgan fingerprint density at radius 1 is 1.39 bits per heavy atom. The Labute approximate surface area is 109 Å². The van der Waals surface area contributed by atoms with E-state index in [9.17, 15) is 9.59 Å². The van der Waals surface area contributed by atoms with Crippen LogP contribution < -0.4 is 5.32 Å². The molecule has 1 heterocycles. The van der Waals surface area contributed by atoms with Crippen molar-refractivity contribution in [2.24, 2.45) is 11.8 Å². The minimum Gasteiger partial charge on any atom is -0.344 e. The summed E-state index contributed by atoms with van der Waals surface area (Å²) in [4.78, 5) is 26.1. The summed E-state index contributed by atoms with van der Waals surface area (Å²) in [5.74, 6) is 0.960. The molecule has 0 aromatic carbocycles. The Bertz CT molecular complexity index is 341. The molecule has 2 rings (SSSR count). The van der Waals surface area contributed by atoms with Gasteiger partial charge in [-0.2, -0.15) is 0 Å². The van der Waals surface area contributed by atoms with Crippen molar-refractivity contribution in [2.45, 2.75) is 58.5 Å². The van der Waals surface area contributed by atoms with Crippen LogP contribution in [0.1, 0.15) is 46.5 Å². The monoisotopic (exact) mass is 252 g/mol. The molecule has 102 valence electrons. The molecule has 0 aromatic heterocycles. The lowest BCUT2D eigenvalue weighted by Crippen LogP contribution is -2.48. The van der Waals surface area contributed by atoms with E-state index in [2.05, 4.69) is 12.2 Å². The van der Waals surface area contributed by atoms with Gasteiger partial charge in [0, 0.05) is 19.0 Å². The first kappa shape index (κ1) is 13.4. The second-order valence-electron chi connectivity index (χ2n) is 5.92. The third-order valence-electron chi connectivity index (χ3n) is 4.06. The zero-order valence-corrected chi connectivity index (χ0v) is 11.6. The van der Waals surface area contributed by atoms with Crippen molar-refractivity contribution in [1.29, 1.82) is 0 Å². The zero-order chi connectivity index (χ0) is 13.3. The van der Waals surface area contributed by atoms with Gasteiger partial charge in [-0.1, -0.05) is 27.2 Å². The predicted molar refractivity (Wildman–Crippen MR) is 69.9 cm³/mol. The molecule has 0 bridgehead atoms. The molecule has 18 heavy (non-hydrogen) atoms. The first-order valence-corrected chi connectivity index (χ1v) is 7.14. The number of nitrogens with zero attached hydrogens (tertiary/aromatic N) is 1. The van der Waals surface area contributed by atoms with Crippen molar-refractivity contribution in [2.75, 3.05) is 6.54 Å². The summed E-state index contributed by atoms with van der Waals surface area (Å²) >= 11 is 0. The van der Waals surface area contributed by atoms with Crippen molar-refractivity contribution in [3.63, 3.8) is 0 Å². The third-order valence-corrected chi connectivity index (χ3v) is 4.06. The Morgan fingerprint density at radius 2 is 2.11 bits per heavy atom. The molecule has 1 aliphatic carbocycles. The highest BCUT2D eigenvalue weighted by Gasteiger charge is 2.45. The van der Waals surface area contributed by atoms with Crippen molar-refractivity contribution < 1.29 is 9.59 Å². The first-order valence-electron chi connectivity index (χ1n) is 7.14. The average Bonchev–Trinajstić information content (AvgIpc) is 3.05. The number of carbonyl (C=O) groups is 2. The second-order valence-corrected chi connectivity index (χ2v) is 5.92. The van der Waals surface area contributed by atoms with Gasteiger partial charge in [0.1, 0.15) is 6.04 Å². The van der Waals surface area contributed by atoms with Gasteiger partial charge in [0.2, 0.25) is 11.8 Å². The molecule has 2 amide bonds. The highest BCUT2D eigenvalue weighted by atomic mass is 16.2. The quantitative estimate of drug-likeness (QED) is 0.825. The molecule has 0 radical (unpaired) electrons. The van der Waals surface area contributed by atoms with Crippen LogP contribution in [0.25, 0.3) is 0 Å².